The number of benzene rings is 1. The summed E-state index contributed by atoms with van der Waals surface area (Å²) in [6.45, 7) is 0. The minimum atomic E-state index is 0.226. The van der Waals surface area contributed by atoms with Crippen LogP contribution in [0.25, 0.3) is 0 Å². The quantitative estimate of drug-likeness (QED) is 0.923. The lowest BCUT2D eigenvalue weighted by atomic mass is 10.2. The maximum atomic E-state index is 6.05. The Morgan fingerprint density at radius 1 is 1.37 bits per heavy atom. The molecule has 0 radical (unpaired) electrons. The highest BCUT2D eigenvalue weighted by Crippen LogP contribution is 2.36. The maximum Gasteiger partial charge on any atom is 0.142 e. The van der Waals surface area contributed by atoms with Crippen LogP contribution in [0.5, 0.6) is 5.75 Å². The minimum absolute atomic E-state index is 0.226. The van der Waals surface area contributed by atoms with Crippen molar-refractivity contribution in [2.75, 3.05) is 12.4 Å². The molecule has 1 aromatic heterocycles. The number of aryl methyl sites for hydroxylation is 1. The van der Waals surface area contributed by atoms with Gasteiger partial charge in [-0.1, -0.05) is 17.7 Å². The summed E-state index contributed by atoms with van der Waals surface area (Å²) >= 11 is 6.05. The first-order chi connectivity index (χ1) is 9.28. The number of fused-ring (bicyclic) bond motifs is 1. The van der Waals surface area contributed by atoms with Gasteiger partial charge in [-0.15, -0.1) is 0 Å². The molecule has 1 aliphatic carbocycles. The van der Waals surface area contributed by atoms with Gasteiger partial charge >= 0.3 is 0 Å². The van der Waals surface area contributed by atoms with Gasteiger partial charge in [0.25, 0.3) is 0 Å². The zero-order chi connectivity index (χ0) is 13.2. The van der Waals surface area contributed by atoms with Crippen LogP contribution in [-0.4, -0.2) is 12.1 Å². The molecule has 1 aliphatic rings. The van der Waals surface area contributed by atoms with Crippen LogP contribution in [0.1, 0.15) is 23.7 Å². The number of halogens is 1. The summed E-state index contributed by atoms with van der Waals surface area (Å²) in [5.74, 6) is 0.800. The van der Waals surface area contributed by atoms with Crippen LogP contribution in [0.2, 0.25) is 5.02 Å². The zero-order valence-electron chi connectivity index (χ0n) is 10.7. The number of rotatable bonds is 3. The number of hydrogen-bond donors (Lipinski definition) is 1. The molecule has 0 fully saturated rings. The molecular weight excluding hydrogens is 260 g/mol. The molecule has 19 heavy (non-hydrogen) atoms. The predicted molar refractivity (Wildman–Crippen MR) is 76.9 cm³/mol. The van der Waals surface area contributed by atoms with Gasteiger partial charge in [0.05, 0.1) is 24.5 Å². The van der Waals surface area contributed by atoms with Crippen molar-refractivity contribution >= 4 is 17.3 Å². The van der Waals surface area contributed by atoms with Crippen LogP contribution >= 0.6 is 11.6 Å². The van der Waals surface area contributed by atoms with Crippen LogP contribution in [0.4, 0.5) is 5.69 Å². The van der Waals surface area contributed by atoms with Gasteiger partial charge < -0.3 is 10.1 Å². The van der Waals surface area contributed by atoms with Gasteiger partial charge in [-0.05, 0) is 42.7 Å². The Morgan fingerprint density at radius 3 is 3.11 bits per heavy atom. The smallest absolute Gasteiger partial charge is 0.142 e. The van der Waals surface area contributed by atoms with Gasteiger partial charge in [0, 0.05) is 11.2 Å². The summed E-state index contributed by atoms with van der Waals surface area (Å²) in [7, 11) is 1.66. The number of nitrogens with one attached hydrogen (secondary N) is 1. The molecule has 1 N–H and O–H groups in total. The Bertz CT molecular complexity index is 600. The second-order valence-electron chi connectivity index (χ2n) is 4.63. The summed E-state index contributed by atoms with van der Waals surface area (Å²) in [4.78, 5) is 4.48. The molecule has 0 bridgehead atoms. The third-order valence-corrected chi connectivity index (χ3v) is 3.68. The van der Waals surface area contributed by atoms with Crippen molar-refractivity contribution in [1.82, 2.24) is 4.98 Å². The first kappa shape index (κ1) is 12.3. The number of nitrogens with zero attached hydrogens (tertiary/aromatic N) is 1. The van der Waals surface area contributed by atoms with Crippen molar-refractivity contribution in [3.8, 4) is 5.75 Å². The molecule has 98 valence electrons. The molecule has 0 amide bonds. The van der Waals surface area contributed by atoms with Gasteiger partial charge in [-0.3, -0.25) is 4.98 Å². The number of methoxy groups -OCH3 is 1. The summed E-state index contributed by atoms with van der Waals surface area (Å²) in [6, 6.07) is 9.94. The SMILES string of the molecule is COc1ccc(Cl)cc1NC1CCc2cccnc21. The van der Waals surface area contributed by atoms with E-state index in [9.17, 15) is 0 Å². The topological polar surface area (TPSA) is 34.1 Å². The van der Waals surface area contributed by atoms with Gasteiger partial charge in [0.2, 0.25) is 0 Å². The number of hydrogen-bond acceptors (Lipinski definition) is 3. The van der Waals surface area contributed by atoms with Crippen molar-refractivity contribution in [2.45, 2.75) is 18.9 Å². The lowest BCUT2D eigenvalue weighted by Crippen LogP contribution is -2.09. The minimum Gasteiger partial charge on any atom is -0.495 e. The predicted octanol–water partition coefficient (Wildman–Crippen LogP) is 3.84. The summed E-state index contributed by atoms with van der Waals surface area (Å²) < 4.78 is 5.36. The van der Waals surface area contributed by atoms with E-state index in [1.165, 1.54) is 5.56 Å². The molecule has 1 aromatic carbocycles. The number of anilines is 1. The average molecular weight is 275 g/mol. The lowest BCUT2D eigenvalue weighted by Gasteiger charge is -2.17. The standard InChI is InChI=1S/C15H15ClN2O/c1-19-14-7-5-11(16)9-13(14)18-12-6-4-10-3-2-8-17-15(10)12/h2-3,5,7-9,12,18H,4,6H2,1H3. The fraction of sp³-hybridized carbons (Fsp3) is 0.267. The normalized spacial score (nSPS) is 17.1. The van der Waals surface area contributed by atoms with Crippen LogP contribution in [0.15, 0.2) is 36.5 Å². The summed E-state index contributed by atoms with van der Waals surface area (Å²) in [5, 5.41) is 4.18. The number of pyridine rings is 1. The summed E-state index contributed by atoms with van der Waals surface area (Å²) in [5.41, 5.74) is 3.36. The van der Waals surface area contributed by atoms with E-state index in [1.807, 2.05) is 30.5 Å². The first-order valence-electron chi connectivity index (χ1n) is 6.32. The van der Waals surface area contributed by atoms with Crippen LogP contribution in [0, 0.1) is 0 Å². The van der Waals surface area contributed by atoms with E-state index in [-0.39, 0.29) is 6.04 Å². The van der Waals surface area contributed by atoms with Crippen molar-refractivity contribution in [3.05, 3.63) is 52.8 Å². The van der Waals surface area contributed by atoms with E-state index < -0.39 is 0 Å². The second-order valence-corrected chi connectivity index (χ2v) is 5.06. The average Bonchev–Trinajstić information content (AvgIpc) is 2.83. The maximum absolute atomic E-state index is 6.05. The third kappa shape index (κ3) is 2.38. The molecule has 1 heterocycles. The second kappa shape index (κ2) is 5.10. The molecule has 0 aliphatic heterocycles. The van der Waals surface area contributed by atoms with Crippen molar-refractivity contribution in [1.29, 1.82) is 0 Å². The Balaban J connectivity index is 1.89. The van der Waals surface area contributed by atoms with Gasteiger partial charge in [-0.25, -0.2) is 0 Å². The van der Waals surface area contributed by atoms with Crippen molar-refractivity contribution < 1.29 is 4.74 Å². The van der Waals surface area contributed by atoms with Crippen LogP contribution < -0.4 is 10.1 Å². The largest absolute Gasteiger partial charge is 0.495 e. The third-order valence-electron chi connectivity index (χ3n) is 3.45. The zero-order valence-corrected chi connectivity index (χ0v) is 11.4. The van der Waals surface area contributed by atoms with Gasteiger partial charge in [0.15, 0.2) is 0 Å². The van der Waals surface area contributed by atoms with Crippen LogP contribution in [0.3, 0.4) is 0 Å². The van der Waals surface area contributed by atoms with E-state index in [2.05, 4.69) is 16.4 Å². The summed E-state index contributed by atoms with van der Waals surface area (Å²) in [6.07, 6.45) is 3.94. The molecule has 0 spiro atoms. The molecule has 3 rings (SSSR count). The van der Waals surface area contributed by atoms with Gasteiger partial charge in [0.1, 0.15) is 5.75 Å². The fourth-order valence-electron chi connectivity index (χ4n) is 2.53. The number of aromatic nitrogens is 1. The van der Waals surface area contributed by atoms with Crippen LogP contribution in [-0.2, 0) is 6.42 Å². The highest BCUT2D eigenvalue weighted by Gasteiger charge is 2.24. The molecular formula is C15H15ClN2O. The highest BCUT2D eigenvalue weighted by atomic mass is 35.5. The molecule has 2 aromatic rings. The van der Waals surface area contributed by atoms with E-state index in [4.69, 9.17) is 16.3 Å². The Morgan fingerprint density at radius 2 is 2.26 bits per heavy atom. The molecule has 0 saturated heterocycles. The molecule has 1 unspecified atom stereocenters. The van der Waals surface area contributed by atoms with E-state index in [0.29, 0.717) is 5.02 Å². The van der Waals surface area contributed by atoms with E-state index in [0.717, 1.165) is 30.0 Å². The Kier molecular flexibility index (Phi) is 3.30. The Hall–Kier alpha value is -1.74. The van der Waals surface area contributed by atoms with Crippen molar-refractivity contribution in [2.24, 2.45) is 0 Å². The fourth-order valence-corrected chi connectivity index (χ4v) is 2.71. The van der Waals surface area contributed by atoms with E-state index in [1.54, 1.807) is 7.11 Å². The number of ether oxygens (including phenoxy) is 1. The molecule has 0 saturated carbocycles. The highest BCUT2D eigenvalue weighted by molar-refractivity contribution is 6.30. The molecule has 3 nitrogen and oxygen atoms in total. The molecule has 4 heteroatoms. The van der Waals surface area contributed by atoms with Gasteiger partial charge in [-0.2, -0.15) is 0 Å². The van der Waals surface area contributed by atoms with Crippen molar-refractivity contribution in [3.63, 3.8) is 0 Å². The first-order valence-corrected chi connectivity index (χ1v) is 6.69. The lowest BCUT2D eigenvalue weighted by molar-refractivity contribution is 0.416. The molecule has 1 atom stereocenters. The van der Waals surface area contributed by atoms with E-state index >= 15 is 0 Å². The monoisotopic (exact) mass is 274 g/mol. The Labute approximate surface area is 117 Å².